The molecule has 11 heavy (non-hydrogen) atoms. The molecule has 5 heteroatoms. The summed E-state index contributed by atoms with van der Waals surface area (Å²) in [5, 5.41) is 13.3. The summed E-state index contributed by atoms with van der Waals surface area (Å²) in [5.74, 6) is 0. The third-order valence-electron chi connectivity index (χ3n) is 1.27. The number of hydrogen-bond acceptors (Lipinski definition) is 4. The van der Waals surface area contributed by atoms with Gasteiger partial charge in [-0.2, -0.15) is 0 Å². The fourth-order valence-electron chi connectivity index (χ4n) is 0.817. The zero-order valence-electron chi connectivity index (χ0n) is 6.25. The quantitative estimate of drug-likeness (QED) is 0.548. The summed E-state index contributed by atoms with van der Waals surface area (Å²) in [4.78, 5) is 10.9. The molecule has 1 aromatic heterocycles. The largest absolute Gasteiger partial charge is 0.382 e. The monoisotopic (exact) mass is 172 g/mol. The lowest BCUT2D eigenvalue weighted by Crippen LogP contribution is -1.91. The van der Waals surface area contributed by atoms with Gasteiger partial charge in [0.15, 0.2) is 0 Å². The number of nitro groups is 1. The van der Waals surface area contributed by atoms with Gasteiger partial charge in [0.1, 0.15) is 5.69 Å². The highest BCUT2D eigenvalue weighted by Crippen LogP contribution is 2.33. The van der Waals surface area contributed by atoms with E-state index in [2.05, 4.69) is 5.32 Å². The van der Waals surface area contributed by atoms with Crippen LogP contribution in [0.2, 0.25) is 0 Å². The summed E-state index contributed by atoms with van der Waals surface area (Å²) >= 11 is 1.19. The fraction of sp³-hybridized carbons (Fsp3) is 0.333. The first-order valence-corrected chi connectivity index (χ1v) is 3.89. The van der Waals surface area contributed by atoms with Crippen LogP contribution in [0.25, 0.3) is 0 Å². The van der Waals surface area contributed by atoms with E-state index < -0.39 is 0 Å². The Balaban J connectivity index is 3.12. The van der Waals surface area contributed by atoms with Gasteiger partial charge in [-0.15, -0.1) is 0 Å². The van der Waals surface area contributed by atoms with Crippen LogP contribution in [0.5, 0.6) is 0 Å². The molecule has 0 aliphatic rings. The molecule has 0 amide bonds. The maximum atomic E-state index is 10.4. The lowest BCUT2D eigenvalue weighted by Gasteiger charge is -1.91. The molecule has 0 spiro atoms. The van der Waals surface area contributed by atoms with Gasteiger partial charge in [0.25, 0.3) is 0 Å². The van der Waals surface area contributed by atoms with Crippen LogP contribution in [0.3, 0.4) is 0 Å². The van der Waals surface area contributed by atoms with Gasteiger partial charge in [0.05, 0.1) is 4.92 Å². The van der Waals surface area contributed by atoms with Crippen LogP contribution in [-0.4, -0.2) is 12.0 Å². The van der Waals surface area contributed by atoms with Gasteiger partial charge in [-0.3, -0.25) is 10.1 Å². The molecule has 0 atom stereocenters. The molecule has 0 saturated carbocycles. The maximum Gasteiger partial charge on any atom is 0.347 e. The van der Waals surface area contributed by atoms with Crippen molar-refractivity contribution in [1.82, 2.24) is 0 Å². The maximum absolute atomic E-state index is 10.4. The average Bonchev–Trinajstić information content (AvgIpc) is 2.30. The first-order chi connectivity index (χ1) is 5.15. The van der Waals surface area contributed by atoms with Crippen molar-refractivity contribution in [3.63, 3.8) is 0 Å². The number of nitrogens with one attached hydrogen (secondary N) is 1. The Morgan fingerprint density at radius 3 is 2.73 bits per heavy atom. The molecule has 1 rings (SSSR count). The van der Waals surface area contributed by atoms with Gasteiger partial charge in [-0.1, -0.05) is 11.3 Å². The summed E-state index contributed by atoms with van der Waals surface area (Å²) in [6.07, 6.45) is 0. The van der Waals surface area contributed by atoms with Gasteiger partial charge >= 0.3 is 5.00 Å². The van der Waals surface area contributed by atoms with Crippen LogP contribution in [0.1, 0.15) is 4.88 Å². The van der Waals surface area contributed by atoms with Crippen LogP contribution in [0.4, 0.5) is 10.7 Å². The summed E-state index contributed by atoms with van der Waals surface area (Å²) in [6, 6.07) is 1.77. The fourth-order valence-corrected chi connectivity index (χ4v) is 1.64. The van der Waals surface area contributed by atoms with Crippen molar-refractivity contribution in [1.29, 1.82) is 0 Å². The van der Waals surface area contributed by atoms with Crippen LogP contribution in [0.15, 0.2) is 6.07 Å². The number of anilines is 1. The molecular weight excluding hydrogens is 164 g/mol. The standard InChI is InChI=1S/C6H8N2O2S/c1-4-3-5(7-2)6(11-4)8(9)10/h3,7H,1-2H3. The van der Waals surface area contributed by atoms with E-state index in [0.717, 1.165) is 4.88 Å². The van der Waals surface area contributed by atoms with E-state index >= 15 is 0 Å². The van der Waals surface area contributed by atoms with Gasteiger partial charge in [-0.25, -0.2) is 0 Å². The normalized spacial score (nSPS) is 9.64. The van der Waals surface area contributed by atoms with Crippen molar-refractivity contribution < 1.29 is 4.92 Å². The first-order valence-electron chi connectivity index (χ1n) is 3.07. The Morgan fingerprint density at radius 1 is 1.73 bits per heavy atom. The van der Waals surface area contributed by atoms with E-state index in [1.54, 1.807) is 13.1 Å². The Kier molecular flexibility index (Phi) is 2.09. The molecule has 0 saturated heterocycles. The molecule has 1 heterocycles. The zero-order chi connectivity index (χ0) is 8.43. The minimum atomic E-state index is -0.372. The van der Waals surface area contributed by atoms with E-state index in [0.29, 0.717) is 5.69 Å². The third kappa shape index (κ3) is 1.48. The number of rotatable bonds is 2. The van der Waals surface area contributed by atoms with Crippen molar-refractivity contribution in [3.05, 3.63) is 21.1 Å². The molecule has 0 unspecified atom stereocenters. The lowest BCUT2D eigenvalue weighted by atomic mass is 10.4. The molecule has 0 fully saturated rings. The molecule has 0 aromatic carbocycles. The second-order valence-corrected chi connectivity index (χ2v) is 3.32. The molecule has 60 valence electrons. The predicted octanol–water partition coefficient (Wildman–Crippen LogP) is 2.01. The number of thiophene rings is 1. The topological polar surface area (TPSA) is 55.2 Å². The predicted molar refractivity (Wildman–Crippen MR) is 45.3 cm³/mol. The van der Waals surface area contributed by atoms with E-state index in [-0.39, 0.29) is 9.92 Å². The molecule has 0 bridgehead atoms. The first kappa shape index (κ1) is 8.00. The second kappa shape index (κ2) is 2.87. The second-order valence-electron chi connectivity index (χ2n) is 2.08. The van der Waals surface area contributed by atoms with Gasteiger partial charge < -0.3 is 5.32 Å². The third-order valence-corrected chi connectivity index (χ3v) is 2.27. The molecule has 4 nitrogen and oxygen atoms in total. The van der Waals surface area contributed by atoms with E-state index in [4.69, 9.17) is 0 Å². The van der Waals surface area contributed by atoms with Crippen molar-refractivity contribution in [3.8, 4) is 0 Å². The number of aryl methyl sites for hydroxylation is 1. The number of hydrogen-bond donors (Lipinski definition) is 1. The highest BCUT2D eigenvalue weighted by atomic mass is 32.1. The summed E-state index contributed by atoms with van der Waals surface area (Å²) in [6.45, 7) is 1.85. The Bertz CT molecular complexity index is 282. The van der Waals surface area contributed by atoms with Crippen molar-refractivity contribution in [2.75, 3.05) is 12.4 Å². The lowest BCUT2D eigenvalue weighted by molar-refractivity contribution is -0.379. The van der Waals surface area contributed by atoms with E-state index in [1.807, 2.05) is 6.92 Å². The SMILES string of the molecule is CNc1cc(C)sc1[N+](=O)[O-]. The Morgan fingerprint density at radius 2 is 2.36 bits per heavy atom. The zero-order valence-corrected chi connectivity index (χ0v) is 7.07. The van der Waals surface area contributed by atoms with Crippen LogP contribution in [0, 0.1) is 17.0 Å². The average molecular weight is 172 g/mol. The smallest absolute Gasteiger partial charge is 0.347 e. The van der Waals surface area contributed by atoms with Crippen molar-refractivity contribution in [2.45, 2.75) is 6.92 Å². The summed E-state index contributed by atoms with van der Waals surface area (Å²) in [7, 11) is 1.68. The van der Waals surface area contributed by atoms with Gasteiger partial charge in [0.2, 0.25) is 0 Å². The highest BCUT2D eigenvalue weighted by molar-refractivity contribution is 7.15. The van der Waals surface area contributed by atoms with Crippen molar-refractivity contribution in [2.24, 2.45) is 0 Å². The molecule has 1 N–H and O–H groups in total. The van der Waals surface area contributed by atoms with Crippen LogP contribution >= 0.6 is 11.3 Å². The molecule has 0 radical (unpaired) electrons. The Hall–Kier alpha value is -1.10. The van der Waals surface area contributed by atoms with Crippen LogP contribution < -0.4 is 5.32 Å². The summed E-state index contributed by atoms with van der Waals surface area (Å²) < 4.78 is 0. The molecule has 0 aliphatic heterocycles. The highest BCUT2D eigenvalue weighted by Gasteiger charge is 2.15. The molecular formula is C6H8N2O2S. The molecule has 1 aromatic rings. The van der Waals surface area contributed by atoms with Gasteiger partial charge in [-0.05, 0) is 13.0 Å². The van der Waals surface area contributed by atoms with E-state index in [1.165, 1.54) is 11.3 Å². The number of nitrogens with zero attached hydrogens (tertiary/aromatic N) is 1. The summed E-state index contributed by atoms with van der Waals surface area (Å²) in [5.41, 5.74) is 0.595. The minimum absolute atomic E-state index is 0.185. The minimum Gasteiger partial charge on any atom is -0.382 e. The van der Waals surface area contributed by atoms with Gasteiger partial charge in [0, 0.05) is 11.9 Å². The van der Waals surface area contributed by atoms with Crippen molar-refractivity contribution >= 4 is 22.0 Å². The molecule has 0 aliphatic carbocycles. The van der Waals surface area contributed by atoms with Crippen LogP contribution in [-0.2, 0) is 0 Å². The Labute approximate surface area is 68.0 Å². The van der Waals surface area contributed by atoms with E-state index in [9.17, 15) is 10.1 Å².